The summed E-state index contributed by atoms with van der Waals surface area (Å²) in [6.45, 7) is 2.35. The first kappa shape index (κ1) is 23.3. The summed E-state index contributed by atoms with van der Waals surface area (Å²) in [5.74, 6) is -0.563. The third kappa shape index (κ3) is 4.87. The van der Waals surface area contributed by atoms with Crippen LogP contribution in [0.5, 0.6) is 11.5 Å². The number of barbiturate groups is 1. The van der Waals surface area contributed by atoms with Crippen molar-refractivity contribution in [1.29, 1.82) is 0 Å². The van der Waals surface area contributed by atoms with E-state index in [4.69, 9.17) is 9.47 Å². The summed E-state index contributed by atoms with van der Waals surface area (Å²) in [5, 5.41) is 2.22. The summed E-state index contributed by atoms with van der Waals surface area (Å²) in [5.41, 5.74) is 2.85. The number of carbonyl (C=O) groups is 3. The van der Waals surface area contributed by atoms with Crippen molar-refractivity contribution in [3.05, 3.63) is 93.5 Å². The van der Waals surface area contributed by atoms with Gasteiger partial charge in [0.2, 0.25) is 0 Å². The molecule has 1 aliphatic rings. The zero-order valence-corrected chi connectivity index (χ0v) is 20.1. The van der Waals surface area contributed by atoms with Gasteiger partial charge in [0.25, 0.3) is 11.8 Å². The predicted octanol–water partition coefficient (Wildman–Crippen LogP) is 5.01. The maximum atomic E-state index is 13.1. The van der Waals surface area contributed by atoms with Gasteiger partial charge in [0.05, 0.1) is 17.3 Å². The Bertz CT molecular complexity index is 1300. The van der Waals surface area contributed by atoms with Crippen LogP contribution in [0.1, 0.15) is 16.7 Å². The Morgan fingerprint density at radius 2 is 1.76 bits per heavy atom. The van der Waals surface area contributed by atoms with Gasteiger partial charge in [0, 0.05) is 0 Å². The van der Waals surface area contributed by atoms with Crippen LogP contribution in [-0.4, -0.2) is 25.0 Å². The van der Waals surface area contributed by atoms with Crippen molar-refractivity contribution in [2.75, 3.05) is 12.0 Å². The molecule has 0 aromatic heterocycles. The summed E-state index contributed by atoms with van der Waals surface area (Å²) in [6, 6.07) is 19.0. The zero-order valence-electron chi connectivity index (χ0n) is 18.5. The van der Waals surface area contributed by atoms with Crippen molar-refractivity contribution in [3.63, 3.8) is 0 Å². The molecule has 0 bridgehead atoms. The molecule has 4 amide bonds. The molecule has 0 saturated carbocycles. The maximum Gasteiger partial charge on any atom is 0.335 e. The number of ether oxygens (including phenoxy) is 2. The number of hydrogen-bond acceptors (Lipinski definition) is 5. The lowest BCUT2D eigenvalue weighted by Gasteiger charge is -2.26. The minimum atomic E-state index is -0.794. The molecule has 0 atom stereocenters. The van der Waals surface area contributed by atoms with Gasteiger partial charge in [-0.2, -0.15) is 0 Å². The Balaban J connectivity index is 1.64. The lowest BCUT2D eigenvalue weighted by atomic mass is 10.1. The molecule has 0 radical (unpaired) electrons. The number of benzene rings is 3. The first-order chi connectivity index (χ1) is 16.4. The molecule has 1 N–H and O–H groups in total. The molecule has 7 nitrogen and oxygen atoms in total. The fourth-order valence-electron chi connectivity index (χ4n) is 3.56. The van der Waals surface area contributed by atoms with Crippen LogP contribution in [0.3, 0.4) is 0 Å². The molecule has 0 unspecified atom stereocenters. The molecular weight excluding hydrogens is 500 g/mol. The summed E-state index contributed by atoms with van der Waals surface area (Å²) in [7, 11) is 1.51. The van der Waals surface area contributed by atoms with Gasteiger partial charge in [-0.15, -0.1) is 0 Å². The van der Waals surface area contributed by atoms with Crippen LogP contribution in [0.15, 0.2) is 76.8 Å². The number of halogens is 1. The highest BCUT2D eigenvalue weighted by Crippen LogP contribution is 2.38. The van der Waals surface area contributed by atoms with E-state index in [-0.39, 0.29) is 5.57 Å². The van der Waals surface area contributed by atoms with E-state index in [1.165, 1.54) is 13.2 Å². The van der Waals surface area contributed by atoms with Gasteiger partial charge in [-0.25, -0.2) is 9.69 Å². The summed E-state index contributed by atoms with van der Waals surface area (Å²) < 4.78 is 12.1. The zero-order chi connectivity index (χ0) is 24.2. The SMILES string of the molecule is COc1cc(/C=C2\C(=O)NC(=O)N(c3ccccc3)C2=O)cc(Br)c1OCc1cccc(C)c1. The highest BCUT2D eigenvalue weighted by atomic mass is 79.9. The fourth-order valence-corrected chi connectivity index (χ4v) is 4.13. The predicted molar refractivity (Wildman–Crippen MR) is 132 cm³/mol. The van der Waals surface area contributed by atoms with Gasteiger partial charge >= 0.3 is 6.03 Å². The van der Waals surface area contributed by atoms with Crippen molar-refractivity contribution in [2.24, 2.45) is 0 Å². The molecule has 0 aliphatic carbocycles. The third-order valence-electron chi connectivity index (χ3n) is 5.14. The number of nitrogens with one attached hydrogen (secondary N) is 1. The first-order valence-electron chi connectivity index (χ1n) is 10.4. The Morgan fingerprint density at radius 3 is 2.47 bits per heavy atom. The Labute approximate surface area is 205 Å². The van der Waals surface area contributed by atoms with E-state index in [0.29, 0.717) is 33.8 Å². The summed E-state index contributed by atoms with van der Waals surface area (Å²) in [6.07, 6.45) is 1.41. The van der Waals surface area contributed by atoms with E-state index in [1.54, 1.807) is 42.5 Å². The lowest BCUT2D eigenvalue weighted by Crippen LogP contribution is -2.54. The van der Waals surface area contributed by atoms with Gasteiger partial charge in [0.1, 0.15) is 12.2 Å². The van der Waals surface area contributed by atoms with Crippen LogP contribution >= 0.6 is 15.9 Å². The smallest absolute Gasteiger partial charge is 0.335 e. The number of rotatable bonds is 6. The van der Waals surface area contributed by atoms with E-state index in [1.807, 2.05) is 31.2 Å². The minimum absolute atomic E-state index is 0.175. The van der Waals surface area contributed by atoms with Gasteiger partial charge in [-0.3, -0.25) is 14.9 Å². The molecular formula is C26H21BrN2O5. The highest BCUT2D eigenvalue weighted by Gasteiger charge is 2.36. The van der Waals surface area contributed by atoms with Crippen LogP contribution in [0.2, 0.25) is 0 Å². The maximum absolute atomic E-state index is 13.1. The molecule has 1 fully saturated rings. The second-order valence-corrected chi connectivity index (χ2v) is 8.46. The molecule has 1 saturated heterocycles. The molecule has 1 aliphatic heterocycles. The molecule has 4 rings (SSSR count). The van der Waals surface area contributed by atoms with Crippen LogP contribution in [0.25, 0.3) is 6.08 Å². The number of anilines is 1. The van der Waals surface area contributed by atoms with Crippen molar-refractivity contribution in [2.45, 2.75) is 13.5 Å². The number of para-hydroxylation sites is 1. The number of aryl methyl sites for hydroxylation is 1. The number of nitrogens with zero attached hydrogens (tertiary/aromatic N) is 1. The topological polar surface area (TPSA) is 84.9 Å². The van der Waals surface area contributed by atoms with Gasteiger partial charge < -0.3 is 9.47 Å². The Morgan fingerprint density at radius 1 is 1.00 bits per heavy atom. The van der Waals surface area contributed by atoms with Crippen LogP contribution < -0.4 is 19.7 Å². The van der Waals surface area contributed by atoms with Gasteiger partial charge in [0.15, 0.2) is 11.5 Å². The van der Waals surface area contributed by atoms with Crippen LogP contribution in [0.4, 0.5) is 10.5 Å². The monoisotopic (exact) mass is 520 g/mol. The number of methoxy groups -OCH3 is 1. The van der Waals surface area contributed by atoms with E-state index in [2.05, 4.69) is 21.2 Å². The van der Waals surface area contributed by atoms with Gasteiger partial charge in [-0.1, -0.05) is 48.0 Å². The first-order valence-corrected chi connectivity index (χ1v) is 11.2. The molecule has 1 heterocycles. The number of hydrogen-bond donors (Lipinski definition) is 1. The second kappa shape index (κ2) is 9.93. The number of imide groups is 2. The molecule has 0 spiro atoms. The van der Waals surface area contributed by atoms with E-state index in [0.717, 1.165) is 16.0 Å². The van der Waals surface area contributed by atoms with Crippen molar-refractivity contribution < 1.29 is 23.9 Å². The minimum Gasteiger partial charge on any atom is -0.493 e. The van der Waals surface area contributed by atoms with E-state index < -0.39 is 17.8 Å². The van der Waals surface area contributed by atoms with Gasteiger partial charge in [-0.05, 0) is 64.3 Å². The Kier molecular flexibility index (Phi) is 6.79. The normalized spacial score (nSPS) is 14.9. The molecule has 3 aromatic rings. The second-order valence-electron chi connectivity index (χ2n) is 7.61. The highest BCUT2D eigenvalue weighted by molar-refractivity contribution is 9.10. The standard InChI is InChI=1S/C26H21BrN2O5/c1-16-7-6-8-17(11-16)15-34-23-21(27)13-18(14-22(23)33-2)12-20-24(30)28-26(32)29(25(20)31)19-9-4-3-5-10-19/h3-14H,15H2,1-2H3,(H,28,30,32)/b20-12+. The molecule has 172 valence electrons. The van der Waals surface area contributed by atoms with Crippen molar-refractivity contribution in [1.82, 2.24) is 5.32 Å². The fraction of sp³-hybridized carbons (Fsp3) is 0.115. The Hall–Kier alpha value is -3.91. The third-order valence-corrected chi connectivity index (χ3v) is 5.73. The molecule has 8 heteroatoms. The summed E-state index contributed by atoms with van der Waals surface area (Å²) >= 11 is 3.50. The largest absolute Gasteiger partial charge is 0.493 e. The lowest BCUT2D eigenvalue weighted by molar-refractivity contribution is -0.122. The van der Waals surface area contributed by atoms with E-state index >= 15 is 0 Å². The van der Waals surface area contributed by atoms with Crippen LogP contribution in [0, 0.1) is 6.92 Å². The number of urea groups is 1. The average molecular weight is 521 g/mol. The molecule has 34 heavy (non-hydrogen) atoms. The quantitative estimate of drug-likeness (QED) is 0.364. The number of carbonyl (C=O) groups excluding carboxylic acids is 3. The van der Waals surface area contributed by atoms with Crippen LogP contribution in [-0.2, 0) is 16.2 Å². The average Bonchev–Trinajstić information content (AvgIpc) is 2.81. The van der Waals surface area contributed by atoms with Crippen molar-refractivity contribution >= 4 is 45.5 Å². The number of amides is 4. The summed E-state index contributed by atoms with van der Waals surface area (Å²) in [4.78, 5) is 38.8. The van der Waals surface area contributed by atoms with E-state index in [9.17, 15) is 14.4 Å². The molecule has 3 aromatic carbocycles. The van der Waals surface area contributed by atoms with Crippen molar-refractivity contribution in [3.8, 4) is 11.5 Å².